The number of benzene rings is 1. The molecular formula is C10H10BrNO3. The Labute approximate surface area is 95.6 Å². The molecule has 1 aromatic carbocycles. The number of halogens is 1. The molecule has 0 spiro atoms. The van der Waals surface area contributed by atoms with E-state index in [0.717, 1.165) is 9.37 Å². The number of aliphatic carboxylic acids is 1. The van der Waals surface area contributed by atoms with E-state index in [4.69, 9.17) is 5.11 Å². The molecule has 0 fully saturated rings. The highest BCUT2D eigenvalue weighted by atomic mass is 79.9. The molecule has 0 aromatic heterocycles. The molecule has 4 nitrogen and oxygen atoms in total. The van der Waals surface area contributed by atoms with E-state index in [1.807, 2.05) is 0 Å². The van der Waals surface area contributed by atoms with E-state index < -0.39 is 5.97 Å². The predicted molar refractivity (Wildman–Crippen MR) is 58.7 cm³/mol. The van der Waals surface area contributed by atoms with Crippen molar-refractivity contribution < 1.29 is 14.7 Å². The monoisotopic (exact) mass is 271 g/mol. The number of hydrogen-bond acceptors (Lipinski definition) is 2. The molecule has 0 saturated heterocycles. The Morgan fingerprint density at radius 3 is 2.33 bits per heavy atom. The SMILES string of the molecule is CN(CC(=O)O)C(=O)c1ccc(Br)cc1. The van der Waals surface area contributed by atoms with Gasteiger partial charge in [-0.3, -0.25) is 9.59 Å². The second-order valence-corrected chi connectivity index (χ2v) is 3.98. The molecule has 1 aromatic rings. The van der Waals surface area contributed by atoms with Gasteiger partial charge < -0.3 is 10.0 Å². The second-order valence-electron chi connectivity index (χ2n) is 3.06. The Hall–Kier alpha value is -1.36. The molecule has 0 radical (unpaired) electrons. The van der Waals surface area contributed by atoms with Crippen molar-refractivity contribution in [3.8, 4) is 0 Å². The van der Waals surface area contributed by atoms with Gasteiger partial charge in [0.1, 0.15) is 6.54 Å². The Balaban J connectivity index is 2.76. The lowest BCUT2D eigenvalue weighted by molar-refractivity contribution is -0.137. The molecule has 1 amide bonds. The quantitative estimate of drug-likeness (QED) is 0.909. The van der Waals surface area contributed by atoms with Crippen LogP contribution in [0.4, 0.5) is 0 Å². The van der Waals surface area contributed by atoms with Crippen LogP contribution in [0.2, 0.25) is 0 Å². The second kappa shape index (κ2) is 4.93. The summed E-state index contributed by atoms with van der Waals surface area (Å²) >= 11 is 3.25. The largest absolute Gasteiger partial charge is 0.480 e. The van der Waals surface area contributed by atoms with Gasteiger partial charge in [0.15, 0.2) is 0 Å². The van der Waals surface area contributed by atoms with Crippen molar-refractivity contribution in [2.75, 3.05) is 13.6 Å². The molecule has 0 heterocycles. The number of rotatable bonds is 3. The molecule has 15 heavy (non-hydrogen) atoms. The van der Waals surface area contributed by atoms with E-state index >= 15 is 0 Å². The minimum Gasteiger partial charge on any atom is -0.480 e. The van der Waals surface area contributed by atoms with Crippen LogP contribution in [-0.2, 0) is 4.79 Å². The van der Waals surface area contributed by atoms with Crippen molar-refractivity contribution in [3.63, 3.8) is 0 Å². The summed E-state index contributed by atoms with van der Waals surface area (Å²) in [7, 11) is 1.46. The van der Waals surface area contributed by atoms with E-state index in [-0.39, 0.29) is 12.5 Å². The van der Waals surface area contributed by atoms with Crippen LogP contribution >= 0.6 is 15.9 Å². The number of carboxylic acid groups (broad SMARTS) is 1. The Morgan fingerprint density at radius 1 is 1.33 bits per heavy atom. The molecule has 0 saturated carbocycles. The fourth-order valence-corrected chi connectivity index (χ4v) is 1.35. The highest BCUT2D eigenvalue weighted by molar-refractivity contribution is 9.10. The molecule has 0 aliphatic heterocycles. The zero-order valence-electron chi connectivity index (χ0n) is 8.11. The standard InChI is InChI=1S/C10H10BrNO3/c1-12(6-9(13)14)10(15)7-2-4-8(11)5-3-7/h2-5H,6H2,1H3,(H,13,14). The zero-order valence-corrected chi connectivity index (χ0v) is 9.69. The Kier molecular flexibility index (Phi) is 3.85. The number of likely N-dealkylation sites (N-methyl/N-ethyl adjacent to an activating group) is 1. The van der Waals surface area contributed by atoms with Crippen molar-refractivity contribution in [1.82, 2.24) is 4.90 Å². The van der Waals surface area contributed by atoms with Crippen molar-refractivity contribution in [3.05, 3.63) is 34.3 Å². The summed E-state index contributed by atoms with van der Waals surface area (Å²) in [6.07, 6.45) is 0. The molecule has 5 heteroatoms. The fourth-order valence-electron chi connectivity index (χ4n) is 1.09. The minimum atomic E-state index is -1.03. The van der Waals surface area contributed by atoms with Crippen molar-refractivity contribution in [2.24, 2.45) is 0 Å². The fraction of sp³-hybridized carbons (Fsp3) is 0.200. The molecule has 1 N–H and O–H groups in total. The highest BCUT2D eigenvalue weighted by Gasteiger charge is 2.13. The average Bonchev–Trinajstić information content (AvgIpc) is 2.17. The first-order valence-electron chi connectivity index (χ1n) is 4.23. The van der Waals surface area contributed by atoms with Crippen molar-refractivity contribution >= 4 is 27.8 Å². The third-order valence-corrected chi connectivity index (χ3v) is 2.34. The summed E-state index contributed by atoms with van der Waals surface area (Å²) in [4.78, 5) is 23.2. The highest BCUT2D eigenvalue weighted by Crippen LogP contribution is 2.11. The van der Waals surface area contributed by atoms with E-state index in [2.05, 4.69) is 15.9 Å². The van der Waals surface area contributed by atoms with Crippen LogP contribution in [0.5, 0.6) is 0 Å². The van der Waals surface area contributed by atoms with Gasteiger partial charge in [-0.1, -0.05) is 15.9 Å². The zero-order chi connectivity index (χ0) is 11.4. The van der Waals surface area contributed by atoms with E-state index in [0.29, 0.717) is 5.56 Å². The maximum Gasteiger partial charge on any atom is 0.323 e. The van der Waals surface area contributed by atoms with E-state index in [9.17, 15) is 9.59 Å². The Bertz CT molecular complexity index is 375. The van der Waals surface area contributed by atoms with Crippen LogP contribution in [0.3, 0.4) is 0 Å². The normalized spacial score (nSPS) is 9.73. The van der Waals surface area contributed by atoms with Gasteiger partial charge in [0.2, 0.25) is 0 Å². The third kappa shape index (κ3) is 3.36. The van der Waals surface area contributed by atoms with E-state index in [1.54, 1.807) is 24.3 Å². The first-order chi connectivity index (χ1) is 7.00. The van der Waals surface area contributed by atoms with Crippen LogP contribution in [-0.4, -0.2) is 35.5 Å². The van der Waals surface area contributed by atoms with Gasteiger partial charge in [-0.05, 0) is 24.3 Å². The first kappa shape index (κ1) is 11.7. The lowest BCUT2D eigenvalue weighted by Crippen LogP contribution is -2.31. The number of carboxylic acids is 1. The van der Waals surface area contributed by atoms with E-state index in [1.165, 1.54) is 7.05 Å². The van der Waals surface area contributed by atoms with Crippen LogP contribution in [0, 0.1) is 0 Å². The van der Waals surface area contributed by atoms with Gasteiger partial charge in [0.25, 0.3) is 5.91 Å². The smallest absolute Gasteiger partial charge is 0.323 e. The Morgan fingerprint density at radius 2 is 1.87 bits per heavy atom. The molecule has 80 valence electrons. The summed E-state index contributed by atoms with van der Waals surface area (Å²) in [5.41, 5.74) is 0.474. The van der Waals surface area contributed by atoms with Crippen molar-refractivity contribution in [1.29, 1.82) is 0 Å². The van der Waals surface area contributed by atoms with Gasteiger partial charge in [-0.2, -0.15) is 0 Å². The molecule has 0 aliphatic rings. The summed E-state index contributed by atoms with van der Waals surface area (Å²) in [6, 6.07) is 6.76. The number of nitrogens with zero attached hydrogens (tertiary/aromatic N) is 1. The van der Waals surface area contributed by atoms with Crippen LogP contribution in [0.15, 0.2) is 28.7 Å². The van der Waals surface area contributed by atoms with Gasteiger partial charge in [0.05, 0.1) is 0 Å². The molecule has 0 unspecified atom stereocenters. The molecule has 0 bridgehead atoms. The predicted octanol–water partition coefficient (Wildman–Crippen LogP) is 1.61. The number of carbonyl (C=O) groups excluding carboxylic acids is 1. The van der Waals surface area contributed by atoms with Crippen LogP contribution < -0.4 is 0 Å². The lowest BCUT2D eigenvalue weighted by atomic mass is 10.2. The molecule has 0 aliphatic carbocycles. The topological polar surface area (TPSA) is 57.6 Å². The minimum absolute atomic E-state index is 0.297. The molecule has 0 atom stereocenters. The lowest BCUT2D eigenvalue weighted by Gasteiger charge is -2.14. The van der Waals surface area contributed by atoms with Gasteiger partial charge in [-0.25, -0.2) is 0 Å². The number of hydrogen-bond donors (Lipinski definition) is 1. The van der Waals surface area contributed by atoms with Gasteiger partial charge in [-0.15, -0.1) is 0 Å². The summed E-state index contributed by atoms with van der Waals surface area (Å²) in [6.45, 7) is -0.297. The third-order valence-electron chi connectivity index (χ3n) is 1.81. The average molecular weight is 272 g/mol. The maximum absolute atomic E-state index is 11.6. The summed E-state index contributed by atoms with van der Waals surface area (Å²) < 4.78 is 0.875. The van der Waals surface area contributed by atoms with Gasteiger partial charge in [0, 0.05) is 17.1 Å². The maximum atomic E-state index is 11.6. The van der Waals surface area contributed by atoms with Crippen molar-refractivity contribution in [2.45, 2.75) is 0 Å². The number of amides is 1. The first-order valence-corrected chi connectivity index (χ1v) is 5.03. The summed E-state index contributed by atoms with van der Waals surface area (Å²) in [5, 5.41) is 8.52. The van der Waals surface area contributed by atoms with Gasteiger partial charge >= 0.3 is 5.97 Å². The van der Waals surface area contributed by atoms with Crippen LogP contribution in [0.25, 0.3) is 0 Å². The molecular weight excluding hydrogens is 262 g/mol. The molecule has 1 rings (SSSR count). The number of carbonyl (C=O) groups is 2. The van der Waals surface area contributed by atoms with Crippen LogP contribution in [0.1, 0.15) is 10.4 Å². The summed E-state index contributed by atoms with van der Waals surface area (Å²) in [5.74, 6) is -1.33.